The number of ether oxygens (including phenoxy) is 1. The molecule has 0 fully saturated rings. The van der Waals surface area contributed by atoms with Gasteiger partial charge in [-0.05, 0) is 36.8 Å². The quantitative estimate of drug-likeness (QED) is 0.420. The molecule has 1 aromatic heterocycles. The van der Waals surface area contributed by atoms with Crippen LogP contribution in [0.3, 0.4) is 0 Å². The van der Waals surface area contributed by atoms with E-state index in [4.69, 9.17) is 4.74 Å². The predicted molar refractivity (Wildman–Crippen MR) is 107 cm³/mol. The summed E-state index contributed by atoms with van der Waals surface area (Å²) in [5.74, 6) is -0.869. The van der Waals surface area contributed by atoms with E-state index in [0.717, 1.165) is 16.5 Å². The highest BCUT2D eigenvalue weighted by Gasteiger charge is 2.14. The number of para-hydroxylation sites is 1. The van der Waals surface area contributed by atoms with Crippen molar-refractivity contribution in [2.24, 2.45) is 0 Å². The molecule has 3 aromatic rings. The summed E-state index contributed by atoms with van der Waals surface area (Å²) in [5.41, 5.74) is 3.10. The van der Waals surface area contributed by atoms with Crippen LogP contribution >= 0.6 is 0 Å². The first-order valence-corrected chi connectivity index (χ1v) is 8.66. The molecule has 1 heterocycles. The number of hydrogen-bond acceptors (Lipinski definition) is 4. The van der Waals surface area contributed by atoms with Gasteiger partial charge in [0, 0.05) is 28.4 Å². The summed E-state index contributed by atoms with van der Waals surface area (Å²) in [6.07, 6.45) is 3.26. The normalized spacial score (nSPS) is 11.1. The minimum atomic E-state index is -0.488. The van der Waals surface area contributed by atoms with Crippen molar-refractivity contribution in [3.8, 4) is 6.07 Å². The van der Waals surface area contributed by atoms with Crippen LogP contribution in [0.1, 0.15) is 11.1 Å². The van der Waals surface area contributed by atoms with Gasteiger partial charge in [-0.1, -0.05) is 30.3 Å². The van der Waals surface area contributed by atoms with Crippen molar-refractivity contribution in [3.63, 3.8) is 0 Å². The zero-order chi connectivity index (χ0) is 20.1. The minimum Gasteiger partial charge on any atom is -0.468 e. The second-order valence-corrected chi connectivity index (χ2v) is 6.30. The van der Waals surface area contributed by atoms with Gasteiger partial charge in [0.15, 0.2) is 0 Å². The third-order valence-corrected chi connectivity index (χ3v) is 4.29. The van der Waals surface area contributed by atoms with E-state index in [2.05, 4.69) is 5.32 Å². The zero-order valence-corrected chi connectivity index (χ0v) is 15.6. The maximum atomic E-state index is 12.5. The summed E-state index contributed by atoms with van der Waals surface area (Å²) in [7, 11) is 1.33. The van der Waals surface area contributed by atoms with E-state index >= 15 is 0 Å². The van der Waals surface area contributed by atoms with Gasteiger partial charge in [0.25, 0.3) is 5.91 Å². The largest absolute Gasteiger partial charge is 0.468 e. The van der Waals surface area contributed by atoms with Crippen LogP contribution in [0.5, 0.6) is 0 Å². The predicted octanol–water partition coefficient (Wildman–Crippen LogP) is 3.67. The molecule has 3 rings (SSSR count). The molecule has 0 saturated carbocycles. The van der Waals surface area contributed by atoms with Crippen LogP contribution < -0.4 is 5.32 Å². The van der Waals surface area contributed by atoms with Gasteiger partial charge in [-0.3, -0.25) is 9.59 Å². The Morgan fingerprint density at radius 1 is 1.21 bits per heavy atom. The summed E-state index contributed by atoms with van der Waals surface area (Å²) in [6.45, 7) is 1.97. The van der Waals surface area contributed by atoms with Crippen LogP contribution in [-0.4, -0.2) is 23.6 Å². The fraction of sp³-hybridized carbons (Fsp3) is 0.136. The average Bonchev–Trinajstić information content (AvgIpc) is 3.03. The molecule has 0 aliphatic heterocycles. The maximum Gasteiger partial charge on any atom is 0.325 e. The molecule has 28 heavy (non-hydrogen) atoms. The van der Waals surface area contributed by atoms with Crippen molar-refractivity contribution in [3.05, 3.63) is 71.4 Å². The highest BCUT2D eigenvalue weighted by atomic mass is 16.5. The number of nitriles is 1. The minimum absolute atomic E-state index is 0.0255. The maximum absolute atomic E-state index is 12.5. The van der Waals surface area contributed by atoms with Crippen molar-refractivity contribution in [2.75, 3.05) is 12.4 Å². The molecule has 0 bridgehead atoms. The number of esters is 1. The number of hydrogen-bond donors (Lipinski definition) is 1. The van der Waals surface area contributed by atoms with E-state index in [0.29, 0.717) is 11.3 Å². The fourth-order valence-electron chi connectivity index (χ4n) is 2.95. The van der Waals surface area contributed by atoms with Crippen LogP contribution in [0.4, 0.5) is 5.69 Å². The van der Waals surface area contributed by atoms with Gasteiger partial charge in [-0.2, -0.15) is 5.26 Å². The number of fused-ring (bicyclic) bond motifs is 1. The molecule has 0 spiro atoms. The second kappa shape index (κ2) is 8.23. The number of anilines is 1. The molecule has 2 aromatic carbocycles. The lowest BCUT2D eigenvalue weighted by atomic mass is 10.1. The fourth-order valence-corrected chi connectivity index (χ4v) is 2.95. The molecule has 140 valence electrons. The van der Waals surface area contributed by atoms with Crippen LogP contribution in [0.2, 0.25) is 0 Å². The Labute approximate surface area is 162 Å². The van der Waals surface area contributed by atoms with E-state index in [1.54, 1.807) is 16.8 Å². The number of methoxy groups -OCH3 is 1. The smallest absolute Gasteiger partial charge is 0.325 e. The Hall–Kier alpha value is -3.85. The highest BCUT2D eigenvalue weighted by molar-refractivity contribution is 6.10. The van der Waals surface area contributed by atoms with Crippen LogP contribution in [0.15, 0.2) is 60.3 Å². The van der Waals surface area contributed by atoms with E-state index in [9.17, 15) is 14.9 Å². The summed E-state index contributed by atoms with van der Waals surface area (Å²) in [5, 5.41) is 13.1. The van der Waals surface area contributed by atoms with Gasteiger partial charge in [-0.25, -0.2) is 0 Å². The Morgan fingerprint density at radius 3 is 2.71 bits per heavy atom. The molecule has 1 N–H and O–H groups in total. The number of nitrogens with zero attached hydrogens (tertiary/aromatic N) is 2. The van der Waals surface area contributed by atoms with Gasteiger partial charge in [0.05, 0.1) is 7.11 Å². The second-order valence-electron chi connectivity index (χ2n) is 6.30. The first-order valence-electron chi connectivity index (χ1n) is 8.66. The van der Waals surface area contributed by atoms with E-state index in [-0.39, 0.29) is 18.1 Å². The van der Waals surface area contributed by atoms with E-state index in [1.807, 2.05) is 55.5 Å². The summed E-state index contributed by atoms with van der Waals surface area (Å²) in [6, 6.07) is 16.8. The van der Waals surface area contributed by atoms with Gasteiger partial charge >= 0.3 is 5.97 Å². The van der Waals surface area contributed by atoms with Crippen LogP contribution in [0, 0.1) is 18.3 Å². The first kappa shape index (κ1) is 18.9. The SMILES string of the molecule is COC(=O)Cn1cc(/C=C(\C#N)C(=O)Nc2cccc(C)c2)c2ccccc21. The summed E-state index contributed by atoms with van der Waals surface area (Å²) >= 11 is 0. The third kappa shape index (κ3) is 4.10. The van der Waals surface area contributed by atoms with Crippen molar-refractivity contribution >= 4 is 34.5 Å². The molecule has 6 heteroatoms. The van der Waals surface area contributed by atoms with Gasteiger partial charge in [-0.15, -0.1) is 0 Å². The Bertz CT molecular complexity index is 1120. The molecule has 1 amide bonds. The number of aromatic nitrogens is 1. The van der Waals surface area contributed by atoms with Crippen LogP contribution in [0.25, 0.3) is 17.0 Å². The molecule has 0 saturated heterocycles. The number of aryl methyl sites for hydroxylation is 1. The molecule has 0 radical (unpaired) electrons. The molecule has 6 nitrogen and oxygen atoms in total. The average molecular weight is 373 g/mol. The number of carbonyl (C=O) groups excluding carboxylic acids is 2. The van der Waals surface area contributed by atoms with E-state index in [1.165, 1.54) is 13.2 Å². The molecule has 0 unspecified atom stereocenters. The number of carbonyl (C=O) groups is 2. The topological polar surface area (TPSA) is 84.1 Å². The molecule has 0 atom stereocenters. The van der Waals surface area contributed by atoms with E-state index < -0.39 is 5.91 Å². The van der Waals surface area contributed by atoms with Crippen molar-refractivity contribution in [1.29, 1.82) is 5.26 Å². The Morgan fingerprint density at radius 2 is 2.00 bits per heavy atom. The first-order chi connectivity index (χ1) is 13.5. The monoisotopic (exact) mass is 373 g/mol. The number of rotatable bonds is 5. The Balaban J connectivity index is 1.96. The summed E-state index contributed by atoms with van der Waals surface area (Å²) in [4.78, 5) is 24.2. The number of amides is 1. The molecular weight excluding hydrogens is 354 g/mol. The molecule has 0 aliphatic rings. The van der Waals surface area contributed by atoms with Crippen molar-refractivity contribution in [2.45, 2.75) is 13.5 Å². The number of benzene rings is 2. The van der Waals surface area contributed by atoms with Crippen LogP contribution in [-0.2, 0) is 20.9 Å². The third-order valence-electron chi connectivity index (χ3n) is 4.29. The molecule has 0 aliphatic carbocycles. The zero-order valence-electron chi connectivity index (χ0n) is 15.6. The van der Waals surface area contributed by atoms with Gasteiger partial charge in [0.1, 0.15) is 18.2 Å². The van der Waals surface area contributed by atoms with Crippen molar-refractivity contribution in [1.82, 2.24) is 4.57 Å². The lowest BCUT2D eigenvalue weighted by Gasteiger charge is -2.05. The highest BCUT2D eigenvalue weighted by Crippen LogP contribution is 2.24. The lowest BCUT2D eigenvalue weighted by molar-refractivity contribution is -0.141. The van der Waals surface area contributed by atoms with Gasteiger partial charge < -0.3 is 14.6 Å². The lowest BCUT2D eigenvalue weighted by Crippen LogP contribution is -2.13. The number of nitrogens with one attached hydrogen (secondary N) is 1. The standard InChI is InChI=1S/C22H19N3O3/c1-15-6-5-7-18(10-15)24-22(27)16(12-23)11-17-13-25(14-21(26)28-2)20-9-4-3-8-19(17)20/h3-11,13H,14H2,1-2H3,(H,24,27)/b16-11+. The Kier molecular flexibility index (Phi) is 5.56. The summed E-state index contributed by atoms with van der Waals surface area (Å²) < 4.78 is 6.47. The van der Waals surface area contributed by atoms with Crippen molar-refractivity contribution < 1.29 is 14.3 Å². The van der Waals surface area contributed by atoms with Gasteiger partial charge in [0.2, 0.25) is 0 Å². The molecular formula is C22H19N3O3.